The fourth-order valence-electron chi connectivity index (χ4n) is 3.39. The average Bonchev–Trinajstić information content (AvgIpc) is 3.25. The largest absolute Gasteiger partial charge is 0.334 e. The highest BCUT2D eigenvalue weighted by atomic mass is 32.2. The summed E-state index contributed by atoms with van der Waals surface area (Å²) in [5.74, 6) is -0.248. The zero-order chi connectivity index (χ0) is 20.3. The maximum absolute atomic E-state index is 13.2. The molecule has 0 bridgehead atoms. The molecule has 0 radical (unpaired) electrons. The Hall–Kier alpha value is -1.77. The SMILES string of the molecule is CN(C)CCCN(C(=O)c1ccc(-c2ccc(F)cc2)s1)C1CCS(=O)(=O)C1. The minimum absolute atomic E-state index is 0.0386. The summed E-state index contributed by atoms with van der Waals surface area (Å²) in [6.07, 6.45) is 1.28. The second-order valence-corrected chi connectivity index (χ2v) is 10.7. The van der Waals surface area contributed by atoms with Gasteiger partial charge in [-0.2, -0.15) is 0 Å². The summed E-state index contributed by atoms with van der Waals surface area (Å²) in [6.45, 7) is 1.36. The van der Waals surface area contributed by atoms with E-state index in [-0.39, 0.29) is 29.3 Å². The summed E-state index contributed by atoms with van der Waals surface area (Å²) >= 11 is 1.35. The summed E-state index contributed by atoms with van der Waals surface area (Å²) in [6, 6.07) is 9.53. The molecule has 1 atom stereocenters. The highest BCUT2D eigenvalue weighted by Gasteiger charge is 2.35. The van der Waals surface area contributed by atoms with Crippen molar-refractivity contribution in [2.75, 3.05) is 38.7 Å². The molecule has 2 heterocycles. The van der Waals surface area contributed by atoms with E-state index in [0.29, 0.717) is 17.8 Å². The molecular weight excluding hydrogens is 399 g/mol. The van der Waals surface area contributed by atoms with Crippen molar-refractivity contribution in [1.82, 2.24) is 9.80 Å². The van der Waals surface area contributed by atoms with E-state index in [1.54, 1.807) is 23.1 Å². The quantitative estimate of drug-likeness (QED) is 0.685. The zero-order valence-electron chi connectivity index (χ0n) is 16.1. The Labute approximate surface area is 169 Å². The second-order valence-electron chi connectivity index (χ2n) is 7.38. The van der Waals surface area contributed by atoms with Crippen molar-refractivity contribution >= 4 is 27.1 Å². The van der Waals surface area contributed by atoms with Crippen LogP contribution in [0.2, 0.25) is 0 Å². The van der Waals surface area contributed by atoms with Crippen LogP contribution in [0.3, 0.4) is 0 Å². The van der Waals surface area contributed by atoms with Gasteiger partial charge in [-0.1, -0.05) is 12.1 Å². The lowest BCUT2D eigenvalue weighted by molar-refractivity contribution is 0.0695. The number of rotatable bonds is 7. The van der Waals surface area contributed by atoms with Gasteiger partial charge in [0.15, 0.2) is 9.84 Å². The van der Waals surface area contributed by atoms with Gasteiger partial charge in [-0.3, -0.25) is 4.79 Å². The molecule has 1 aliphatic rings. The standard InChI is InChI=1S/C20H25FN2O3S2/c1-22(2)11-3-12-23(17-10-13-28(25,26)14-17)20(24)19-9-8-18(27-19)15-4-6-16(21)7-5-15/h4-9,17H,3,10-14H2,1-2H3. The van der Waals surface area contributed by atoms with Gasteiger partial charge in [-0.05, 0) is 63.3 Å². The van der Waals surface area contributed by atoms with Crippen LogP contribution < -0.4 is 0 Å². The highest BCUT2D eigenvalue weighted by molar-refractivity contribution is 7.91. The number of sulfone groups is 1. The first-order chi connectivity index (χ1) is 13.2. The van der Waals surface area contributed by atoms with E-state index in [0.717, 1.165) is 23.4 Å². The van der Waals surface area contributed by atoms with Crippen LogP contribution in [-0.2, 0) is 9.84 Å². The Bertz CT molecular complexity index is 923. The molecular formula is C20H25FN2O3S2. The van der Waals surface area contributed by atoms with Gasteiger partial charge in [0.1, 0.15) is 5.82 Å². The number of amides is 1. The molecule has 0 N–H and O–H groups in total. The van der Waals surface area contributed by atoms with Gasteiger partial charge >= 0.3 is 0 Å². The van der Waals surface area contributed by atoms with Crippen LogP contribution in [0.5, 0.6) is 0 Å². The van der Waals surface area contributed by atoms with Gasteiger partial charge in [0.25, 0.3) is 5.91 Å². The van der Waals surface area contributed by atoms with Gasteiger partial charge < -0.3 is 9.80 Å². The number of benzene rings is 1. The molecule has 1 saturated heterocycles. The lowest BCUT2D eigenvalue weighted by atomic mass is 10.2. The number of carbonyl (C=O) groups is 1. The Balaban J connectivity index is 1.79. The van der Waals surface area contributed by atoms with Crippen LogP contribution in [-0.4, -0.2) is 68.9 Å². The van der Waals surface area contributed by atoms with E-state index in [1.807, 2.05) is 25.1 Å². The molecule has 0 spiro atoms. The summed E-state index contributed by atoms with van der Waals surface area (Å²) in [5, 5.41) is 0. The molecule has 1 fully saturated rings. The normalized spacial score (nSPS) is 18.5. The molecule has 1 aromatic heterocycles. The maximum atomic E-state index is 13.2. The third kappa shape index (κ3) is 5.18. The van der Waals surface area contributed by atoms with E-state index >= 15 is 0 Å². The van der Waals surface area contributed by atoms with Gasteiger partial charge in [-0.25, -0.2) is 12.8 Å². The third-order valence-corrected chi connectivity index (χ3v) is 7.73. The Morgan fingerprint density at radius 3 is 2.46 bits per heavy atom. The van der Waals surface area contributed by atoms with Crippen LogP contribution >= 0.6 is 11.3 Å². The first-order valence-electron chi connectivity index (χ1n) is 9.27. The molecule has 0 saturated carbocycles. The fourth-order valence-corrected chi connectivity index (χ4v) is 6.09. The molecule has 1 amide bonds. The van der Waals surface area contributed by atoms with E-state index < -0.39 is 9.84 Å². The van der Waals surface area contributed by atoms with Crippen molar-refractivity contribution < 1.29 is 17.6 Å². The minimum atomic E-state index is -3.08. The average molecular weight is 425 g/mol. The summed E-state index contributed by atoms with van der Waals surface area (Å²) in [7, 11) is 0.869. The molecule has 1 aliphatic heterocycles. The van der Waals surface area contributed by atoms with E-state index in [4.69, 9.17) is 0 Å². The molecule has 8 heteroatoms. The highest BCUT2D eigenvalue weighted by Crippen LogP contribution is 2.30. The zero-order valence-corrected chi connectivity index (χ0v) is 17.7. The molecule has 2 aromatic rings. The molecule has 152 valence electrons. The van der Waals surface area contributed by atoms with Crippen molar-refractivity contribution in [1.29, 1.82) is 0 Å². The molecule has 1 aromatic carbocycles. The number of halogens is 1. The minimum Gasteiger partial charge on any atom is -0.334 e. The fraction of sp³-hybridized carbons (Fsp3) is 0.450. The van der Waals surface area contributed by atoms with Gasteiger partial charge in [0.05, 0.1) is 16.4 Å². The summed E-state index contributed by atoms with van der Waals surface area (Å²) < 4.78 is 37.0. The smallest absolute Gasteiger partial charge is 0.264 e. The molecule has 1 unspecified atom stereocenters. The van der Waals surface area contributed by atoms with Crippen LogP contribution in [0.1, 0.15) is 22.5 Å². The van der Waals surface area contributed by atoms with Crippen LogP contribution in [0.4, 0.5) is 4.39 Å². The number of hydrogen-bond acceptors (Lipinski definition) is 5. The first-order valence-corrected chi connectivity index (χ1v) is 11.9. The predicted molar refractivity (Wildman–Crippen MR) is 111 cm³/mol. The van der Waals surface area contributed by atoms with Crippen LogP contribution in [0.15, 0.2) is 36.4 Å². The molecule has 0 aliphatic carbocycles. The van der Waals surface area contributed by atoms with Gasteiger partial charge in [-0.15, -0.1) is 11.3 Å². The van der Waals surface area contributed by atoms with Crippen molar-refractivity contribution in [3.63, 3.8) is 0 Å². The Kier molecular flexibility index (Phi) is 6.52. The Morgan fingerprint density at radius 1 is 1.14 bits per heavy atom. The van der Waals surface area contributed by atoms with Gasteiger partial charge in [0.2, 0.25) is 0 Å². The topological polar surface area (TPSA) is 57.7 Å². The summed E-state index contributed by atoms with van der Waals surface area (Å²) in [5.41, 5.74) is 0.855. The number of carbonyl (C=O) groups excluding carboxylic acids is 1. The van der Waals surface area contributed by atoms with Crippen molar-refractivity contribution in [3.8, 4) is 10.4 Å². The number of hydrogen-bond donors (Lipinski definition) is 0. The Morgan fingerprint density at radius 2 is 1.86 bits per heavy atom. The molecule has 5 nitrogen and oxygen atoms in total. The third-order valence-electron chi connectivity index (χ3n) is 4.86. The van der Waals surface area contributed by atoms with Crippen LogP contribution in [0.25, 0.3) is 10.4 Å². The van der Waals surface area contributed by atoms with E-state index in [2.05, 4.69) is 0 Å². The molecule has 3 rings (SSSR count). The predicted octanol–water partition coefficient (Wildman–Crippen LogP) is 3.14. The van der Waals surface area contributed by atoms with Crippen molar-refractivity contribution in [3.05, 3.63) is 47.1 Å². The lowest BCUT2D eigenvalue weighted by Gasteiger charge is -2.28. The van der Waals surface area contributed by atoms with E-state index in [9.17, 15) is 17.6 Å². The first kappa shape index (κ1) is 21.0. The lowest BCUT2D eigenvalue weighted by Crippen LogP contribution is -2.42. The van der Waals surface area contributed by atoms with Crippen LogP contribution in [0, 0.1) is 5.82 Å². The maximum Gasteiger partial charge on any atom is 0.264 e. The monoisotopic (exact) mass is 424 g/mol. The number of nitrogens with zero attached hydrogens (tertiary/aromatic N) is 2. The van der Waals surface area contributed by atoms with Crippen molar-refractivity contribution in [2.45, 2.75) is 18.9 Å². The van der Waals surface area contributed by atoms with E-state index in [1.165, 1.54) is 23.5 Å². The molecule has 28 heavy (non-hydrogen) atoms. The van der Waals surface area contributed by atoms with Gasteiger partial charge in [0, 0.05) is 17.5 Å². The number of thiophene rings is 1. The van der Waals surface area contributed by atoms with Crippen molar-refractivity contribution in [2.24, 2.45) is 0 Å². The summed E-state index contributed by atoms with van der Waals surface area (Å²) in [4.78, 5) is 18.4. The second kappa shape index (κ2) is 8.71.